The summed E-state index contributed by atoms with van der Waals surface area (Å²) in [5.41, 5.74) is 0. The van der Waals surface area contributed by atoms with E-state index in [-0.39, 0.29) is 0 Å². The molecule has 5 N–H and O–H groups in total. The SMILES string of the molecule is C1CN1.O=P(O)(O)CP(=O)(O)O. The molecular weight excluding hydrogens is 208 g/mol. The van der Waals surface area contributed by atoms with E-state index in [9.17, 15) is 9.13 Å². The van der Waals surface area contributed by atoms with Crippen LogP contribution < -0.4 is 5.32 Å². The smallest absolute Gasteiger partial charge is 0.324 e. The molecular formula is C3H11NO6P2. The molecule has 0 spiro atoms. The molecule has 0 aromatic heterocycles. The summed E-state index contributed by atoms with van der Waals surface area (Å²) >= 11 is 0. The van der Waals surface area contributed by atoms with Crippen LogP contribution in [0.4, 0.5) is 0 Å². The monoisotopic (exact) mass is 219 g/mol. The average Bonchev–Trinajstić information content (AvgIpc) is 2.28. The maximum atomic E-state index is 9.85. The van der Waals surface area contributed by atoms with Crippen molar-refractivity contribution in [3.05, 3.63) is 0 Å². The second kappa shape index (κ2) is 4.48. The second-order valence-corrected chi connectivity index (χ2v) is 6.01. The summed E-state index contributed by atoms with van der Waals surface area (Å²) in [6, 6.07) is 0. The fraction of sp³-hybridized carbons (Fsp3) is 1.00. The minimum atomic E-state index is -4.55. The Hall–Kier alpha value is 0.260. The van der Waals surface area contributed by atoms with Gasteiger partial charge in [0.2, 0.25) is 0 Å². The largest absolute Gasteiger partial charge is 0.337 e. The molecule has 0 aromatic rings. The molecule has 1 saturated heterocycles. The molecule has 0 bridgehead atoms. The Labute approximate surface area is 69.1 Å². The van der Waals surface area contributed by atoms with Crippen molar-refractivity contribution in [2.45, 2.75) is 0 Å². The van der Waals surface area contributed by atoms with Crippen LogP contribution in [0.15, 0.2) is 0 Å². The first-order chi connectivity index (χ1) is 5.21. The maximum Gasteiger partial charge on any atom is 0.337 e. The first-order valence-electron chi connectivity index (χ1n) is 3.00. The zero-order valence-electron chi connectivity index (χ0n) is 6.12. The maximum absolute atomic E-state index is 9.85. The van der Waals surface area contributed by atoms with Crippen molar-refractivity contribution >= 4 is 15.2 Å². The lowest BCUT2D eigenvalue weighted by Crippen LogP contribution is -1.88. The molecule has 0 unspecified atom stereocenters. The highest BCUT2D eigenvalue weighted by atomic mass is 31.2. The van der Waals surface area contributed by atoms with Crippen molar-refractivity contribution < 1.29 is 28.7 Å². The van der Waals surface area contributed by atoms with E-state index in [1.165, 1.54) is 13.1 Å². The molecule has 7 nitrogen and oxygen atoms in total. The van der Waals surface area contributed by atoms with Crippen molar-refractivity contribution in [3.8, 4) is 0 Å². The minimum Gasteiger partial charge on any atom is -0.324 e. The Kier molecular flexibility index (Phi) is 4.58. The van der Waals surface area contributed by atoms with Gasteiger partial charge < -0.3 is 24.9 Å². The van der Waals surface area contributed by atoms with Crippen LogP contribution in [0.3, 0.4) is 0 Å². The Balaban J connectivity index is 0.000000330. The number of hydrogen-bond donors (Lipinski definition) is 5. The van der Waals surface area contributed by atoms with Gasteiger partial charge in [-0.25, -0.2) is 0 Å². The van der Waals surface area contributed by atoms with E-state index in [0.29, 0.717) is 0 Å². The van der Waals surface area contributed by atoms with Crippen LogP contribution in [0.25, 0.3) is 0 Å². The number of hydrogen-bond acceptors (Lipinski definition) is 3. The molecule has 0 aromatic carbocycles. The van der Waals surface area contributed by atoms with Gasteiger partial charge in [-0.3, -0.25) is 9.13 Å². The van der Waals surface area contributed by atoms with E-state index in [1.807, 2.05) is 0 Å². The summed E-state index contributed by atoms with van der Waals surface area (Å²) in [6.07, 6.45) is 0. The van der Waals surface area contributed by atoms with E-state index in [4.69, 9.17) is 19.6 Å². The summed E-state index contributed by atoms with van der Waals surface area (Å²) in [5, 5.41) is 3.00. The molecule has 9 heteroatoms. The van der Waals surface area contributed by atoms with Crippen molar-refractivity contribution in [3.63, 3.8) is 0 Å². The Bertz CT molecular complexity index is 192. The Morgan fingerprint density at radius 2 is 1.25 bits per heavy atom. The van der Waals surface area contributed by atoms with Gasteiger partial charge in [0.1, 0.15) is 0 Å². The van der Waals surface area contributed by atoms with E-state index in [1.54, 1.807) is 0 Å². The highest BCUT2D eigenvalue weighted by Gasteiger charge is 2.26. The van der Waals surface area contributed by atoms with Gasteiger partial charge in [0.15, 0.2) is 5.90 Å². The van der Waals surface area contributed by atoms with Gasteiger partial charge in [-0.05, 0) is 0 Å². The van der Waals surface area contributed by atoms with Crippen LogP contribution in [-0.2, 0) is 9.13 Å². The quantitative estimate of drug-likeness (QED) is 0.293. The molecule has 1 fully saturated rings. The first-order valence-corrected chi connectivity index (χ1v) is 6.60. The van der Waals surface area contributed by atoms with Crippen molar-refractivity contribution in [2.75, 3.05) is 19.0 Å². The third kappa shape index (κ3) is 16.7. The fourth-order valence-electron chi connectivity index (χ4n) is 0.240. The molecule has 12 heavy (non-hydrogen) atoms. The standard InChI is InChI=1S/C2H5N.CH6O6P2/c1-2-3-1;2-8(3,4)1-9(5,6)7/h3H,1-2H2;1H2,(H2,2,3,4)(H2,5,6,7). The van der Waals surface area contributed by atoms with Crippen molar-refractivity contribution in [1.82, 2.24) is 5.32 Å². The van der Waals surface area contributed by atoms with Crippen LogP contribution in [0.2, 0.25) is 0 Å². The third-order valence-corrected chi connectivity index (χ3v) is 3.57. The third-order valence-electron chi connectivity index (χ3n) is 0.618. The highest BCUT2D eigenvalue weighted by molar-refractivity contribution is 7.69. The van der Waals surface area contributed by atoms with Crippen molar-refractivity contribution in [2.24, 2.45) is 0 Å². The lowest BCUT2D eigenvalue weighted by molar-refractivity contribution is 0.357. The van der Waals surface area contributed by atoms with E-state index >= 15 is 0 Å². The molecule has 74 valence electrons. The summed E-state index contributed by atoms with van der Waals surface area (Å²) < 4.78 is 19.7. The molecule has 0 aliphatic carbocycles. The first kappa shape index (κ1) is 12.3. The zero-order valence-corrected chi connectivity index (χ0v) is 7.91. The molecule has 1 heterocycles. The lowest BCUT2D eigenvalue weighted by atomic mass is 11.0. The summed E-state index contributed by atoms with van der Waals surface area (Å²) in [6.45, 7) is 2.50. The van der Waals surface area contributed by atoms with Crippen LogP contribution in [0.5, 0.6) is 0 Å². The van der Waals surface area contributed by atoms with Gasteiger partial charge in [-0.15, -0.1) is 0 Å². The summed E-state index contributed by atoms with van der Waals surface area (Å²) in [7, 11) is -9.10. The minimum absolute atomic E-state index is 1.25. The topological polar surface area (TPSA) is 137 Å². The number of nitrogens with one attached hydrogen (secondary N) is 1. The normalized spacial score (nSPS) is 16.3. The summed E-state index contributed by atoms with van der Waals surface area (Å²) in [5.74, 6) is -1.38. The van der Waals surface area contributed by atoms with Crippen molar-refractivity contribution in [1.29, 1.82) is 0 Å². The molecule has 1 rings (SSSR count). The van der Waals surface area contributed by atoms with Gasteiger partial charge in [0.05, 0.1) is 0 Å². The van der Waals surface area contributed by atoms with Gasteiger partial charge in [0.25, 0.3) is 0 Å². The molecule has 0 radical (unpaired) electrons. The molecule has 0 amide bonds. The predicted molar refractivity (Wildman–Crippen MR) is 41.8 cm³/mol. The van der Waals surface area contributed by atoms with Gasteiger partial charge in [-0.2, -0.15) is 0 Å². The second-order valence-electron chi connectivity index (χ2n) is 2.22. The van der Waals surface area contributed by atoms with Crippen LogP contribution in [0, 0.1) is 0 Å². The average molecular weight is 219 g/mol. The lowest BCUT2D eigenvalue weighted by Gasteiger charge is -2.03. The van der Waals surface area contributed by atoms with Crippen LogP contribution in [-0.4, -0.2) is 38.6 Å². The Morgan fingerprint density at radius 1 is 1.00 bits per heavy atom. The fourth-order valence-corrected chi connectivity index (χ4v) is 2.16. The summed E-state index contributed by atoms with van der Waals surface area (Å²) in [4.78, 5) is 31.9. The molecule has 0 atom stereocenters. The van der Waals surface area contributed by atoms with E-state index < -0.39 is 21.1 Å². The molecule has 0 saturated carbocycles. The number of rotatable bonds is 2. The predicted octanol–water partition coefficient (Wildman–Crippen LogP) is -1.11. The van der Waals surface area contributed by atoms with Crippen LogP contribution in [0.1, 0.15) is 0 Å². The van der Waals surface area contributed by atoms with E-state index in [0.717, 1.165) is 0 Å². The Morgan fingerprint density at radius 3 is 1.25 bits per heavy atom. The highest BCUT2D eigenvalue weighted by Crippen LogP contribution is 2.51. The molecule has 1 aliphatic heterocycles. The van der Waals surface area contributed by atoms with Crippen LogP contribution >= 0.6 is 15.2 Å². The van der Waals surface area contributed by atoms with Gasteiger partial charge >= 0.3 is 15.2 Å². The van der Waals surface area contributed by atoms with Gasteiger partial charge in [0, 0.05) is 13.1 Å². The van der Waals surface area contributed by atoms with Gasteiger partial charge in [-0.1, -0.05) is 0 Å². The van der Waals surface area contributed by atoms with E-state index in [2.05, 4.69) is 5.32 Å². The zero-order chi connectivity index (χ0) is 9.83. The molecule has 1 aliphatic rings.